The lowest BCUT2D eigenvalue weighted by Crippen LogP contribution is -2.60. The minimum atomic E-state index is -1.14. The molecule has 1 aliphatic heterocycles. The first-order chi connectivity index (χ1) is 24.6. The lowest BCUT2D eigenvalue weighted by Gasteiger charge is -2.41. The molecule has 1 saturated heterocycles. The Balaban J connectivity index is 2.27. The zero-order valence-electron chi connectivity index (χ0n) is 33.2. The van der Waals surface area contributed by atoms with Crippen LogP contribution in [0.5, 0.6) is 0 Å². The fourth-order valence-corrected chi connectivity index (χ4v) is 7.57. The predicted octanol–water partition coefficient (Wildman–Crippen LogP) is 4.04. The molecule has 14 nitrogen and oxygen atoms in total. The summed E-state index contributed by atoms with van der Waals surface area (Å²) in [5.74, 6) is -1.71. The minimum absolute atomic E-state index is 0.00725. The van der Waals surface area contributed by atoms with E-state index in [9.17, 15) is 24.7 Å². The maximum absolute atomic E-state index is 14.3. The van der Waals surface area contributed by atoms with Crippen molar-refractivity contribution in [2.24, 2.45) is 22.9 Å². The molecule has 14 heteroatoms. The molecule has 4 amide bonds. The third-order valence-corrected chi connectivity index (χ3v) is 10.6. The van der Waals surface area contributed by atoms with Crippen molar-refractivity contribution >= 4 is 23.6 Å². The molecule has 1 aromatic carbocycles. The highest BCUT2D eigenvalue weighted by Gasteiger charge is 2.43. The van der Waals surface area contributed by atoms with Gasteiger partial charge in [0.1, 0.15) is 6.04 Å². The first-order valence-corrected chi connectivity index (χ1v) is 18.6. The van der Waals surface area contributed by atoms with Crippen molar-refractivity contribution in [2.75, 3.05) is 48.5 Å². The van der Waals surface area contributed by atoms with Gasteiger partial charge in [0, 0.05) is 39.3 Å². The van der Waals surface area contributed by atoms with Crippen LogP contribution >= 0.6 is 0 Å². The maximum atomic E-state index is 14.3. The normalized spacial score (nSPS) is 19.1. The van der Waals surface area contributed by atoms with E-state index in [1.54, 1.807) is 45.0 Å². The number of nitrogens with zero attached hydrogens (tertiary/aromatic N) is 6. The maximum Gasteiger partial charge on any atom is 0.245 e. The van der Waals surface area contributed by atoms with Crippen LogP contribution in [0.3, 0.4) is 0 Å². The monoisotopic (exact) mass is 728 g/mol. The molecule has 52 heavy (non-hydrogen) atoms. The SMILES string of the molecule is CC[C@H](C)[C@@H]([C@@H](CC(=O)N1CCCC1[C@H](OC)[C@@H](C)C(=O)NCCc1ccccc1)OC)N(C)C(=O)[C@@H](NC(=O)C(C(C)C)N(C)C)[C@H](C)N=[N+]=[N-]. The van der Waals surface area contributed by atoms with E-state index in [-0.39, 0.29) is 42.0 Å². The first kappa shape index (κ1) is 44.5. The number of hydrogen-bond donors (Lipinski definition) is 2. The molecule has 1 heterocycles. The van der Waals surface area contributed by atoms with E-state index >= 15 is 0 Å². The van der Waals surface area contributed by atoms with Crippen molar-refractivity contribution in [3.63, 3.8) is 0 Å². The standard InChI is InChI=1S/C38H64N8O6/c1-12-25(4)34(45(9)38(50)32(27(6)42-43-39)41-37(49)33(24(2)3)44(7)8)30(51-10)23-31(47)46-22-16-19-29(46)35(52-11)26(5)36(48)40-21-20-28-17-14-13-15-18-28/h13-15,17-18,24-27,29-30,32-35H,12,16,19-23H2,1-11H3,(H,40,48)(H,41,49)/t25-,26+,27-,29?,30+,32-,33?,34-,35+/m0/s1. The highest BCUT2D eigenvalue weighted by Crippen LogP contribution is 2.29. The number of ether oxygens (including phenoxy) is 2. The molecular formula is C38H64N8O6. The van der Waals surface area contributed by atoms with Crippen molar-refractivity contribution in [1.29, 1.82) is 0 Å². The Morgan fingerprint density at radius 1 is 1.02 bits per heavy atom. The predicted molar refractivity (Wildman–Crippen MR) is 202 cm³/mol. The molecule has 292 valence electrons. The van der Waals surface area contributed by atoms with E-state index in [1.165, 1.54) is 12.0 Å². The summed E-state index contributed by atoms with van der Waals surface area (Å²) in [7, 11) is 8.34. The lowest BCUT2D eigenvalue weighted by atomic mass is 9.89. The van der Waals surface area contributed by atoms with Gasteiger partial charge in [0.25, 0.3) is 0 Å². The Labute approximate surface area is 310 Å². The average molecular weight is 729 g/mol. The third kappa shape index (κ3) is 11.9. The van der Waals surface area contributed by atoms with Gasteiger partial charge < -0.3 is 29.9 Å². The van der Waals surface area contributed by atoms with Crippen molar-refractivity contribution in [3.8, 4) is 0 Å². The Morgan fingerprint density at radius 2 is 1.67 bits per heavy atom. The number of carbonyl (C=O) groups is 4. The summed E-state index contributed by atoms with van der Waals surface area (Å²) in [6.45, 7) is 12.3. The van der Waals surface area contributed by atoms with Crippen LogP contribution in [0, 0.1) is 17.8 Å². The molecule has 1 fully saturated rings. The zero-order chi connectivity index (χ0) is 39.1. The second kappa shape index (κ2) is 21.7. The van der Waals surface area contributed by atoms with Crippen LogP contribution in [0.25, 0.3) is 10.4 Å². The van der Waals surface area contributed by atoms with Gasteiger partial charge in [-0.05, 0) is 56.3 Å². The van der Waals surface area contributed by atoms with Gasteiger partial charge in [0.05, 0.1) is 48.7 Å². The van der Waals surface area contributed by atoms with Crippen LogP contribution in [0.4, 0.5) is 0 Å². The number of azide groups is 1. The molecule has 1 aliphatic rings. The quantitative estimate of drug-likeness (QED) is 0.109. The van der Waals surface area contributed by atoms with Gasteiger partial charge in [-0.25, -0.2) is 0 Å². The lowest BCUT2D eigenvalue weighted by molar-refractivity contribution is -0.147. The Morgan fingerprint density at radius 3 is 2.21 bits per heavy atom. The van der Waals surface area contributed by atoms with E-state index < -0.39 is 48.2 Å². The van der Waals surface area contributed by atoms with E-state index in [4.69, 9.17) is 9.47 Å². The summed E-state index contributed by atoms with van der Waals surface area (Å²) < 4.78 is 11.9. The number of rotatable bonds is 21. The van der Waals surface area contributed by atoms with Crippen molar-refractivity contribution in [3.05, 3.63) is 46.3 Å². The van der Waals surface area contributed by atoms with Gasteiger partial charge in [-0.2, -0.15) is 0 Å². The second-order valence-corrected chi connectivity index (χ2v) is 14.7. The number of methoxy groups -OCH3 is 2. The molecule has 9 atom stereocenters. The summed E-state index contributed by atoms with van der Waals surface area (Å²) in [6, 6.07) is 6.56. The number of nitrogens with one attached hydrogen (secondary N) is 2. The number of likely N-dealkylation sites (N-methyl/N-ethyl adjacent to an activating group) is 2. The number of likely N-dealkylation sites (tertiary alicyclic amines) is 1. The summed E-state index contributed by atoms with van der Waals surface area (Å²) >= 11 is 0. The van der Waals surface area contributed by atoms with E-state index in [0.29, 0.717) is 32.4 Å². The summed E-state index contributed by atoms with van der Waals surface area (Å²) in [6.07, 6.45) is 1.66. The topological polar surface area (TPSA) is 169 Å². The van der Waals surface area contributed by atoms with Gasteiger partial charge in [-0.1, -0.05) is 83.4 Å². The zero-order valence-corrected chi connectivity index (χ0v) is 33.2. The second-order valence-electron chi connectivity index (χ2n) is 14.7. The molecule has 0 radical (unpaired) electrons. The number of hydrogen-bond acceptors (Lipinski definition) is 8. The van der Waals surface area contributed by atoms with Crippen LogP contribution in [-0.4, -0.2) is 129 Å². The Bertz CT molecular complexity index is 1330. The van der Waals surface area contributed by atoms with Gasteiger partial charge >= 0.3 is 0 Å². The number of benzene rings is 1. The highest BCUT2D eigenvalue weighted by molar-refractivity contribution is 5.90. The Kier molecular flexibility index (Phi) is 18.6. The van der Waals surface area contributed by atoms with Crippen molar-refractivity contribution in [1.82, 2.24) is 25.3 Å². The van der Waals surface area contributed by atoms with Crippen LogP contribution in [0.2, 0.25) is 0 Å². The van der Waals surface area contributed by atoms with Gasteiger partial charge in [0.15, 0.2) is 0 Å². The van der Waals surface area contributed by atoms with E-state index in [2.05, 4.69) is 20.7 Å². The number of carbonyl (C=O) groups excluding carboxylic acids is 4. The fraction of sp³-hybridized carbons (Fsp3) is 0.737. The van der Waals surface area contributed by atoms with Crippen molar-refractivity contribution < 1.29 is 28.7 Å². The molecule has 0 aromatic heterocycles. The van der Waals surface area contributed by atoms with E-state index in [0.717, 1.165) is 12.0 Å². The molecule has 0 bridgehead atoms. The molecule has 2 rings (SSSR count). The molecule has 2 unspecified atom stereocenters. The van der Waals surface area contributed by atoms with Crippen LogP contribution < -0.4 is 10.6 Å². The van der Waals surface area contributed by atoms with Crippen LogP contribution in [-0.2, 0) is 35.1 Å². The first-order valence-electron chi connectivity index (χ1n) is 18.6. The fourth-order valence-electron chi connectivity index (χ4n) is 7.57. The van der Waals surface area contributed by atoms with Crippen LogP contribution in [0.1, 0.15) is 72.8 Å². The molecule has 0 saturated carbocycles. The van der Waals surface area contributed by atoms with Gasteiger partial charge in [-0.3, -0.25) is 24.1 Å². The minimum Gasteiger partial charge on any atom is -0.379 e. The molecular weight excluding hydrogens is 664 g/mol. The summed E-state index contributed by atoms with van der Waals surface area (Å²) in [5.41, 5.74) is 10.4. The average Bonchev–Trinajstić information content (AvgIpc) is 3.59. The summed E-state index contributed by atoms with van der Waals surface area (Å²) in [4.78, 5) is 63.1. The highest BCUT2D eigenvalue weighted by atomic mass is 16.5. The largest absolute Gasteiger partial charge is 0.379 e. The third-order valence-electron chi connectivity index (χ3n) is 10.6. The smallest absolute Gasteiger partial charge is 0.245 e. The van der Waals surface area contributed by atoms with Crippen LogP contribution in [0.15, 0.2) is 35.4 Å². The summed E-state index contributed by atoms with van der Waals surface area (Å²) in [5, 5.41) is 9.68. The van der Waals surface area contributed by atoms with E-state index in [1.807, 2.05) is 65.0 Å². The Hall–Kier alpha value is -3.71. The molecule has 0 aliphatic carbocycles. The molecule has 1 aromatic rings. The molecule has 2 N–H and O–H groups in total. The molecule has 0 spiro atoms. The van der Waals surface area contributed by atoms with Crippen molar-refractivity contribution in [2.45, 2.75) is 116 Å². The van der Waals surface area contributed by atoms with Gasteiger partial charge in [0.2, 0.25) is 23.6 Å². The van der Waals surface area contributed by atoms with Gasteiger partial charge in [-0.15, -0.1) is 0 Å². The number of amides is 4.